The Morgan fingerprint density at radius 3 is 2.82 bits per heavy atom. The molecule has 1 atom stereocenters. The zero-order chi connectivity index (χ0) is 11.6. The van der Waals surface area contributed by atoms with E-state index in [9.17, 15) is 8.42 Å². The van der Waals surface area contributed by atoms with Gasteiger partial charge in [-0.25, -0.2) is 13.4 Å². The molecule has 0 aromatic carbocycles. The van der Waals surface area contributed by atoms with Crippen LogP contribution in [0.15, 0.2) is 23.6 Å². The molecule has 1 aromatic rings. The van der Waals surface area contributed by atoms with Crippen molar-refractivity contribution in [2.45, 2.75) is 18.0 Å². The van der Waals surface area contributed by atoms with Crippen molar-refractivity contribution >= 4 is 22.4 Å². The average molecular weight is 279 g/mol. The van der Waals surface area contributed by atoms with E-state index in [0.717, 1.165) is 0 Å². The van der Waals surface area contributed by atoms with E-state index in [-0.39, 0.29) is 23.5 Å². The summed E-state index contributed by atoms with van der Waals surface area (Å²) in [5.41, 5.74) is 0. The number of rotatable bonds is 2. The Balaban J connectivity index is 0.00000144. The minimum Gasteiger partial charge on any atom is -0.312 e. The van der Waals surface area contributed by atoms with Crippen LogP contribution in [0.5, 0.6) is 0 Å². The van der Waals surface area contributed by atoms with Crippen molar-refractivity contribution in [3.63, 3.8) is 0 Å². The van der Waals surface area contributed by atoms with Gasteiger partial charge in [-0.1, -0.05) is 0 Å². The van der Waals surface area contributed by atoms with Gasteiger partial charge in [-0.15, -0.1) is 12.4 Å². The van der Waals surface area contributed by atoms with E-state index in [0.29, 0.717) is 19.6 Å². The fraction of sp³-hybridized carbons (Fsp3) is 0.556. The van der Waals surface area contributed by atoms with Crippen molar-refractivity contribution in [1.29, 1.82) is 0 Å². The summed E-state index contributed by atoms with van der Waals surface area (Å²) in [6.45, 7) is 3.57. The van der Waals surface area contributed by atoms with Crippen LogP contribution in [0.1, 0.15) is 6.92 Å². The van der Waals surface area contributed by atoms with Crippen LogP contribution in [0.3, 0.4) is 0 Å². The molecule has 8 heteroatoms. The lowest BCUT2D eigenvalue weighted by molar-refractivity contribution is 0.309. The van der Waals surface area contributed by atoms with Crippen LogP contribution in [0.25, 0.3) is 0 Å². The number of nitrogens with zero attached hydrogens (tertiary/aromatic N) is 3. The Kier molecular flexibility index (Phi) is 4.81. The number of aromatic nitrogens is 2. The summed E-state index contributed by atoms with van der Waals surface area (Å²) in [6, 6.07) is 0.167. The maximum atomic E-state index is 12.1. The second-order valence-electron chi connectivity index (χ2n) is 3.76. The Hall–Kier alpha value is -0.760. The van der Waals surface area contributed by atoms with Crippen molar-refractivity contribution in [1.82, 2.24) is 19.6 Å². The fourth-order valence-corrected chi connectivity index (χ4v) is 3.07. The molecule has 2 rings (SSSR count). The van der Waals surface area contributed by atoms with Gasteiger partial charge in [0.25, 0.3) is 10.0 Å². The maximum Gasteiger partial charge on any atom is 0.262 e. The Bertz CT molecular complexity index is 453. The van der Waals surface area contributed by atoms with Crippen LogP contribution in [0.2, 0.25) is 0 Å². The topological polar surface area (TPSA) is 75.2 Å². The molecule has 0 aliphatic carbocycles. The molecule has 0 amide bonds. The largest absolute Gasteiger partial charge is 0.312 e. The summed E-state index contributed by atoms with van der Waals surface area (Å²) in [7, 11) is -3.48. The zero-order valence-corrected chi connectivity index (χ0v) is 11.0. The summed E-state index contributed by atoms with van der Waals surface area (Å²) >= 11 is 0. The highest BCUT2D eigenvalue weighted by atomic mass is 35.5. The lowest BCUT2D eigenvalue weighted by atomic mass is 10.3. The van der Waals surface area contributed by atoms with E-state index in [4.69, 9.17) is 0 Å². The molecular weight excluding hydrogens is 264 g/mol. The minimum atomic E-state index is -3.48. The lowest BCUT2D eigenvalue weighted by Gasteiger charge is -2.30. The molecule has 1 aliphatic rings. The predicted molar refractivity (Wildman–Crippen MR) is 65.5 cm³/mol. The van der Waals surface area contributed by atoms with Crippen LogP contribution in [0.4, 0.5) is 0 Å². The zero-order valence-electron chi connectivity index (χ0n) is 9.41. The molecule has 6 nitrogen and oxygen atoms in total. The standard InChI is InChI=1S/C9H14N4O2S.ClH/c1-8-7-13(5-4-11-8)16(14,15)9-6-10-2-3-12-9;/h2-3,6,8,11H,4-5,7H2,1H3;1H. The van der Waals surface area contributed by atoms with Crippen molar-refractivity contribution in [2.24, 2.45) is 0 Å². The molecule has 17 heavy (non-hydrogen) atoms. The normalized spacial score (nSPS) is 21.8. The number of hydrogen-bond acceptors (Lipinski definition) is 5. The summed E-state index contributed by atoms with van der Waals surface area (Å²) in [5, 5.41) is 3.21. The van der Waals surface area contributed by atoms with E-state index in [1.165, 1.54) is 22.9 Å². The Morgan fingerprint density at radius 2 is 2.24 bits per heavy atom. The van der Waals surface area contributed by atoms with E-state index >= 15 is 0 Å². The summed E-state index contributed by atoms with van der Waals surface area (Å²) in [4.78, 5) is 7.62. The monoisotopic (exact) mass is 278 g/mol. The number of halogens is 1. The molecule has 96 valence electrons. The smallest absolute Gasteiger partial charge is 0.262 e. The van der Waals surface area contributed by atoms with Gasteiger partial charge in [-0.05, 0) is 6.92 Å². The molecule has 0 radical (unpaired) electrons. The molecular formula is C9H15ClN4O2S. The summed E-state index contributed by atoms with van der Waals surface area (Å²) < 4.78 is 25.7. The van der Waals surface area contributed by atoms with Gasteiger partial charge in [-0.3, -0.25) is 4.98 Å². The molecule has 1 saturated heterocycles. The van der Waals surface area contributed by atoms with Gasteiger partial charge in [0.1, 0.15) is 0 Å². The van der Waals surface area contributed by atoms with Crippen LogP contribution in [-0.2, 0) is 10.0 Å². The first-order valence-electron chi connectivity index (χ1n) is 5.10. The molecule has 1 unspecified atom stereocenters. The van der Waals surface area contributed by atoms with Gasteiger partial charge in [-0.2, -0.15) is 4.31 Å². The number of hydrogen-bond donors (Lipinski definition) is 1. The minimum absolute atomic E-state index is 0. The second-order valence-corrected chi connectivity index (χ2v) is 5.65. The van der Waals surface area contributed by atoms with Crippen LogP contribution < -0.4 is 5.32 Å². The molecule has 0 saturated carbocycles. The third-order valence-electron chi connectivity index (χ3n) is 2.48. The van der Waals surface area contributed by atoms with Gasteiger partial charge in [0.2, 0.25) is 0 Å². The number of piperazine rings is 1. The quantitative estimate of drug-likeness (QED) is 0.816. The van der Waals surface area contributed by atoms with Crippen molar-refractivity contribution in [3.8, 4) is 0 Å². The number of sulfonamides is 1. The second kappa shape index (κ2) is 5.72. The van der Waals surface area contributed by atoms with E-state index in [1.807, 2.05) is 6.92 Å². The highest BCUT2D eigenvalue weighted by Gasteiger charge is 2.29. The molecule has 1 aromatic heterocycles. The molecule has 1 fully saturated rings. The van der Waals surface area contributed by atoms with Crippen LogP contribution >= 0.6 is 12.4 Å². The lowest BCUT2D eigenvalue weighted by Crippen LogP contribution is -2.51. The van der Waals surface area contributed by atoms with Gasteiger partial charge < -0.3 is 5.32 Å². The highest BCUT2D eigenvalue weighted by Crippen LogP contribution is 2.13. The fourth-order valence-electron chi connectivity index (χ4n) is 1.67. The Morgan fingerprint density at radius 1 is 1.47 bits per heavy atom. The van der Waals surface area contributed by atoms with Gasteiger partial charge in [0, 0.05) is 38.1 Å². The van der Waals surface area contributed by atoms with E-state index in [1.54, 1.807) is 0 Å². The SMILES string of the molecule is CC1CN(S(=O)(=O)c2cnccn2)CCN1.Cl. The molecule has 1 N–H and O–H groups in total. The maximum absolute atomic E-state index is 12.1. The third kappa shape index (κ3) is 3.12. The highest BCUT2D eigenvalue weighted by molar-refractivity contribution is 7.89. The molecule has 0 spiro atoms. The van der Waals surface area contributed by atoms with Gasteiger partial charge in [0.15, 0.2) is 5.03 Å². The number of nitrogens with one attached hydrogen (secondary N) is 1. The Labute approximate surface area is 107 Å². The van der Waals surface area contributed by atoms with Crippen molar-refractivity contribution in [2.75, 3.05) is 19.6 Å². The van der Waals surface area contributed by atoms with Crippen molar-refractivity contribution < 1.29 is 8.42 Å². The molecule has 2 heterocycles. The molecule has 1 aliphatic heterocycles. The van der Waals surface area contributed by atoms with Crippen LogP contribution in [0, 0.1) is 0 Å². The first-order valence-corrected chi connectivity index (χ1v) is 6.54. The van der Waals surface area contributed by atoms with Gasteiger partial charge in [0.05, 0.1) is 6.20 Å². The summed E-state index contributed by atoms with van der Waals surface area (Å²) in [6.07, 6.45) is 4.12. The van der Waals surface area contributed by atoms with Crippen LogP contribution in [-0.4, -0.2) is 48.4 Å². The van der Waals surface area contributed by atoms with Gasteiger partial charge >= 0.3 is 0 Å². The first-order chi connectivity index (χ1) is 7.60. The molecule has 0 bridgehead atoms. The van der Waals surface area contributed by atoms with E-state index < -0.39 is 10.0 Å². The summed E-state index contributed by atoms with van der Waals surface area (Å²) in [5.74, 6) is 0. The first kappa shape index (κ1) is 14.3. The van der Waals surface area contributed by atoms with E-state index in [2.05, 4.69) is 15.3 Å². The average Bonchev–Trinajstić information content (AvgIpc) is 2.30. The van der Waals surface area contributed by atoms with Crippen molar-refractivity contribution in [3.05, 3.63) is 18.6 Å². The third-order valence-corrected chi connectivity index (χ3v) is 4.23. The predicted octanol–water partition coefficient (Wildman–Crippen LogP) is -0.119.